The average Bonchev–Trinajstić information content (AvgIpc) is 2.60. The zero-order chi connectivity index (χ0) is 20.4. The molecule has 1 atom stereocenters. The first-order chi connectivity index (χ1) is 12.5. The summed E-state index contributed by atoms with van der Waals surface area (Å²) in [5, 5.41) is 8.94. The molecule has 0 radical (unpaired) electrons. The van der Waals surface area contributed by atoms with Crippen LogP contribution in [0, 0.1) is 18.3 Å². The Morgan fingerprint density at radius 1 is 1.26 bits per heavy atom. The number of alkyl halides is 3. The predicted molar refractivity (Wildman–Crippen MR) is 93.1 cm³/mol. The van der Waals surface area contributed by atoms with Crippen LogP contribution in [-0.4, -0.2) is 24.3 Å². The van der Waals surface area contributed by atoms with Crippen molar-refractivity contribution in [2.75, 3.05) is 6.54 Å². The summed E-state index contributed by atoms with van der Waals surface area (Å²) >= 11 is 0. The number of aryl methyl sites for hydroxylation is 1. The number of sulfonamides is 1. The quantitative estimate of drug-likeness (QED) is 0.763. The second kappa shape index (κ2) is 7.66. The molecule has 0 saturated heterocycles. The van der Waals surface area contributed by atoms with Crippen molar-refractivity contribution in [1.82, 2.24) is 9.29 Å². The Balaban J connectivity index is 2.45. The molecule has 0 fully saturated rings. The minimum absolute atomic E-state index is 0.0217. The molecule has 1 aromatic carbocycles. The first-order valence-electron chi connectivity index (χ1n) is 8.07. The number of pyridine rings is 1. The maximum Gasteiger partial charge on any atom is 0.416 e. The molecule has 1 heterocycles. The van der Waals surface area contributed by atoms with Crippen LogP contribution in [0.5, 0.6) is 0 Å². The van der Waals surface area contributed by atoms with Crippen molar-refractivity contribution in [3.05, 3.63) is 58.9 Å². The lowest BCUT2D eigenvalue weighted by Gasteiger charge is -2.28. The van der Waals surface area contributed by atoms with Crippen LogP contribution in [0.25, 0.3) is 0 Å². The minimum atomic E-state index is -4.47. The molecule has 27 heavy (non-hydrogen) atoms. The standard InChI is InChI=1S/C18H18F3N3O2S/c1-4-24(27(25,26)16-8-14(9-22)10-23-11-16)13(3)15-5-6-17(12(2)7-15)18(19,20)21/h5-8,10-11,13H,4H2,1-3H3/t13-/m0/s1. The summed E-state index contributed by atoms with van der Waals surface area (Å²) in [4.78, 5) is 3.63. The van der Waals surface area contributed by atoms with Gasteiger partial charge in [0.2, 0.25) is 10.0 Å². The van der Waals surface area contributed by atoms with E-state index in [1.807, 2.05) is 6.07 Å². The van der Waals surface area contributed by atoms with Crippen LogP contribution < -0.4 is 0 Å². The van der Waals surface area contributed by atoms with Gasteiger partial charge >= 0.3 is 6.18 Å². The van der Waals surface area contributed by atoms with Gasteiger partial charge in [0.1, 0.15) is 11.0 Å². The van der Waals surface area contributed by atoms with Crippen molar-refractivity contribution in [2.45, 2.75) is 37.9 Å². The minimum Gasteiger partial charge on any atom is -0.262 e. The first-order valence-corrected chi connectivity index (χ1v) is 9.51. The molecule has 0 aliphatic rings. The maximum absolute atomic E-state index is 13.0. The predicted octanol–water partition coefficient (Wildman–Crippen LogP) is 4.05. The van der Waals surface area contributed by atoms with E-state index in [1.165, 1.54) is 31.3 Å². The summed E-state index contributed by atoms with van der Waals surface area (Å²) < 4.78 is 65.9. The van der Waals surface area contributed by atoms with Gasteiger partial charge in [-0.2, -0.15) is 22.7 Å². The fourth-order valence-corrected chi connectivity index (χ4v) is 4.46. The maximum atomic E-state index is 13.0. The third kappa shape index (κ3) is 4.28. The van der Waals surface area contributed by atoms with Crippen molar-refractivity contribution in [3.63, 3.8) is 0 Å². The van der Waals surface area contributed by atoms with Gasteiger partial charge in [-0.3, -0.25) is 4.98 Å². The van der Waals surface area contributed by atoms with Crippen LogP contribution in [0.4, 0.5) is 13.2 Å². The van der Waals surface area contributed by atoms with Crippen molar-refractivity contribution >= 4 is 10.0 Å². The van der Waals surface area contributed by atoms with Crippen LogP contribution in [0.15, 0.2) is 41.6 Å². The van der Waals surface area contributed by atoms with Crippen LogP contribution in [0.1, 0.15) is 42.1 Å². The SMILES string of the molecule is CCN([C@@H](C)c1ccc(C(F)(F)F)c(C)c1)S(=O)(=O)c1cncc(C#N)c1. The molecule has 144 valence electrons. The average molecular weight is 397 g/mol. The Bertz CT molecular complexity index is 982. The molecule has 0 amide bonds. The van der Waals surface area contributed by atoms with Gasteiger partial charge in [0.05, 0.1) is 11.1 Å². The molecule has 0 spiro atoms. The van der Waals surface area contributed by atoms with E-state index in [4.69, 9.17) is 5.26 Å². The van der Waals surface area contributed by atoms with Gasteiger partial charge in [0.15, 0.2) is 0 Å². The van der Waals surface area contributed by atoms with Gasteiger partial charge in [0.25, 0.3) is 0 Å². The van der Waals surface area contributed by atoms with Gasteiger partial charge in [-0.25, -0.2) is 8.42 Å². The molecular formula is C18H18F3N3O2S. The fraction of sp³-hybridized carbons (Fsp3) is 0.333. The molecule has 2 aromatic rings. The zero-order valence-electron chi connectivity index (χ0n) is 14.9. The number of halogens is 3. The number of benzene rings is 1. The Morgan fingerprint density at radius 2 is 1.93 bits per heavy atom. The summed E-state index contributed by atoms with van der Waals surface area (Å²) in [7, 11) is -3.98. The van der Waals surface area contributed by atoms with Crippen LogP contribution in [0.3, 0.4) is 0 Å². The number of hydrogen-bond donors (Lipinski definition) is 0. The highest BCUT2D eigenvalue weighted by molar-refractivity contribution is 7.89. The van der Waals surface area contributed by atoms with E-state index < -0.39 is 27.8 Å². The number of rotatable bonds is 5. The Morgan fingerprint density at radius 3 is 2.44 bits per heavy atom. The Labute approximate surface area is 156 Å². The molecule has 9 heteroatoms. The van der Waals surface area contributed by atoms with Crippen molar-refractivity contribution < 1.29 is 21.6 Å². The second-order valence-corrected chi connectivity index (χ2v) is 7.87. The fourth-order valence-electron chi connectivity index (χ4n) is 2.84. The van der Waals surface area contributed by atoms with E-state index in [-0.39, 0.29) is 22.6 Å². The number of hydrogen-bond acceptors (Lipinski definition) is 4. The summed E-state index contributed by atoms with van der Waals surface area (Å²) in [6.07, 6.45) is -2.08. The molecule has 1 aromatic heterocycles. The molecule has 2 rings (SSSR count). The lowest BCUT2D eigenvalue weighted by atomic mass is 10.0. The van der Waals surface area contributed by atoms with E-state index in [0.717, 1.165) is 16.6 Å². The normalized spacial score (nSPS) is 13.4. The van der Waals surface area contributed by atoms with Crippen LogP contribution in [0.2, 0.25) is 0 Å². The van der Waals surface area contributed by atoms with E-state index in [0.29, 0.717) is 5.56 Å². The summed E-state index contributed by atoms with van der Waals surface area (Å²) in [5.41, 5.74) is -0.191. The van der Waals surface area contributed by atoms with Gasteiger partial charge in [-0.05, 0) is 37.1 Å². The summed E-state index contributed by atoms with van der Waals surface area (Å²) in [6, 6.07) is 5.93. The Hall–Kier alpha value is -2.44. The number of nitrogens with zero attached hydrogens (tertiary/aromatic N) is 3. The third-order valence-corrected chi connectivity index (χ3v) is 6.24. The lowest BCUT2D eigenvalue weighted by Crippen LogP contribution is -2.33. The van der Waals surface area contributed by atoms with Crippen LogP contribution >= 0.6 is 0 Å². The highest BCUT2D eigenvalue weighted by Gasteiger charge is 2.34. The summed E-state index contributed by atoms with van der Waals surface area (Å²) in [6.45, 7) is 4.67. The highest BCUT2D eigenvalue weighted by atomic mass is 32.2. The van der Waals surface area contributed by atoms with Gasteiger partial charge in [-0.15, -0.1) is 0 Å². The first kappa shape index (κ1) is 20.9. The van der Waals surface area contributed by atoms with Crippen LogP contribution in [-0.2, 0) is 16.2 Å². The molecule has 0 saturated carbocycles. The molecule has 0 aliphatic carbocycles. The van der Waals surface area contributed by atoms with Gasteiger partial charge < -0.3 is 0 Å². The summed E-state index contributed by atoms with van der Waals surface area (Å²) in [5.74, 6) is 0. The van der Waals surface area contributed by atoms with E-state index >= 15 is 0 Å². The molecular weight excluding hydrogens is 379 g/mol. The number of nitriles is 1. The topological polar surface area (TPSA) is 74.1 Å². The van der Waals surface area contributed by atoms with Crippen molar-refractivity contribution in [2.24, 2.45) is 0 Å². The smallest absolute Gasteiger partial charge is 0.262 e. The zero-order valence-corrected chi connectivity index (χ0v) is 15.8. The van der Waals surface area contributed by atoms with E-state index in [1.54, 1.807) is 13.8 Å². The van der Waals surface area contributed by atoms with Crippen molar-refractivity contribution in [1.29, 1.82) is 5.26 Å². The van der Waals surface area contributed by atoms with E-state index in [2.05, 4.69) is 4.98 Å². The highest BCUT2D eigenvalue weighted by Crippen LogP contribution is 2.34. The third-order valence-electron chi connectivity index (χ3n) is 4.23. The van der Waals surface area contributed by atoms with Gasteiger partial charge in [-0.1, -0.05) is 19.1 Å². The molecule has 0 bridgehead atoms. The molecule has 0 aliphatic heterocycles. The lowest BCUT2D eigenvalue weighted by molar-refractivity contribution is -0.138. The molecule has 5 nitrogen and oxygen atoms in total. The second-order valence-electron chi connectivity index (χ2n) is 5.98. The molecule has 0 unspecified atom stereocenters. The Kier molecular flexibility index (Phi) is 5.92. The van der Waals surface area contributed by atoms with Gasteiger partial charge in [0, 0.05) is 25.0 Å². The monoisotopic (exact) mass is 397 g/mol. The van der Waals surface area contributed by atoms with Crippen molar-refractivity contribution in [3.8, 4) is 6.07 Å². The van der Waals surface area contributed by atoms with E-state index in [9.17, 15) is 21.6 Å². The largest absolute Gasteiger partial charge is 0.416 e. The molecule has 0 N–H and O–H groups in total. The number of aromatic nitrogens is 1.